The van der Waals surface area contributed by atoms with E-state index in [4.69, 9.17) is 10.9 Å². The van der Waals surface area contributed by atoms with Crippen molar-refractivity contribution in [3.05, 3.63) is 35.7 Å². The average Bonchev–Trinajstić information content (AvgIpc) is 2.95. The predicted octanol–water partition coefficient (Wildman–Crippen LogP) is 0.551. The van der Waals surface area contributed by atoms with Crippen molar-refractivity contribution in [2.75, 3.05) is 0 Å². The molecule has 0 amide bonds. The maximum atomic E-state index is 8.69. The van der Waals surface area contributed by atoms with E-state index in [0.29, 0.717) is 12.4 Å². The summed E-state index contributed by atoms with van der Waals surface area (Å²) in [5, 5.41) is 16.0. The Kier molecular flexibility index (Phi) is 3.31. The summed E-state index contributed by atoms with van der Waals surface area (Å²) in [6, 6.07) is 2.01. The van der Waals surface area contributed by atoms with Crippen molar-refractivity contribution < 1.29 is 5.21 Å². The van der Waals surface area contributed by atoms with Crippen molar-refractivity contribution in [2.24, 2.45) is 10.9 Å². The van der Waals surface area contributed by atoms with Gasteiger partial charge in [0.2, 0.25) is 5.84 Å². The van der Waals surface area contributed by atoms with E-state index in [1.54, 1.807) is 12.4 Å². The molecule has 2 rings (SSSR count). The van der Waals surface area contributed by atoms with Gasteiger partial charge in [0.25, 0.3) is 0 Å². The third kappa shape index (κ3) is 2.20. The summed E-state index contributed by atoms with van der Waals surface area (Å²) in [7, 11) is 0. The molecule has 2 aromatic rings. The standard InChI is InChI=1S/C11H16N6O/c1-3-17-9(6-8(2)14-17)7-16-5-4-13-11(16)10(12)15-18/h4-6,18H,3,7H2,1-2H3,(H2,12,15). The summed E-state index contributed by atoms with van der Waals surface area (Å²) in [6.07, 6.45) is 3.41. The van der Waals surface area contributed by atoms with Crippen LogP contribution in [0.3, 0.4) is 0 Å². The number of rotatable bonds is 4. The molecule has 0 aromatic carbocycles. The highest BCUT2D eigenvalue weighted by Gasteiger charge is 2.11. The second-order valence-electron chi connectivity index (χ2n) is 3.96. The van der Waals surface area contributed by atoms with Crippen molar-refractivity contribution in [3.8, 4) is 0 Å². The van der Waals surface area contributed by atoms with Gasteiger partial charge in [0.1, 0.15) is 0 Å². The van der Waals surface area contributed by atoms with Gasteiger partial charge in [-0.25, -0.2) is 4.98 Å². The zero-order valence-corrected chi connectivity index (χ0v) is 10.4. The number of nitrogens with zero attached hydrogens (tertiary/aromatic N) is 5. The Hall–Kier alpha value is -2.31. The maximum absolute atomic E-state index is 8.69. The number of imidazole rings is 1. The van der Waals surface area contributed by atoms with E-state index in [1.165, 1.54) is 0 Å². The highest BCUT2D eigenvalue weighted by molar-refractivity contribution is 5.93. The van der Waals surface area contributed by atoms with Gasteiger partial charge in [-0.2, -0.15) is 5.10 Å². The molecular formula is C11H16N6O. The number of amidine groups is 1. The molecule has 0 saturated carbocycles. The van der Waals surface area contributed by atoms with Crippen molar-refractivity contribution >= 4 is 5.84 Å². The lowest BCUT2D eigenvalue weighted by Gasteiger charge is -2.08. The molecule has 3 N–H and O–H groups in total. The van der Waals surface area contributed by atoms with Crippen LogP contribution in [0, 0.1) is 6.92 Å². The van der Waals surface area contributed by atoms with Crippen LogP contribution >= 0.6 is 0 Å². The molecule has 18 heavy (non-hydrogen) atoms. The Bertz CT molecular complexity index is 568. The number of nitrogens with two attached hydrogens (primary N) is 1. The predicted molar refractivity (Wildman–Crippen MR) is 66.5 cm³/mol. The molecule has 0 spiro atoms. The van der Waals surface area contributed by atoms with Gasteiger partial charge in [-0.3, -0.25) is 4.68 Å². The molecule has 0 aliphatic heterocycles. The highest BCUT2D eigenvalue weighted by Crippen LogP contribution is 2.08. The van der Waals surface area contributed by atoms with Crippen LogP contribution < -0.4 is 5.73 Å². The average molecular weight is 248 g/mol. The molecule has 0 unspecified atom stereocenters. The van der Waals surface area contributed by atoms with Crippen LogP contribution in [-0.2, 0) is 13.1 Å². The van der Waals surface area contributed by atoms with Gasteiger partial charge < -0.3 is 15.5 Å². The van der Waals surface area contributed by atoms with Gasteiger partial charge in [-0.05, 0) is 19.9 Å². The monoisotopic (exact) mass is 248 g/mol. The minimum atomic E-state index is -0.000661. The summed E-state index contributed by atoms with van der Waals surface area (Å²) in [5.74, 6) is 0.443. The fraction of sp³-hybridized carbons (Fsp3) is 0.364. The van der Waals surface area contributed by atoms with Gasteiger partial charge in [0.15, 0.2) is 5.82 Å². The third-order valence-electron chi connectivity index (χ3n) is 2.67. The van der Waals surface area contributed by atoms with Gasteiger partial charge in [-0.15, -0.1) is 0 Å². The smallest absolute Gasteiger partial charge is 0.206 e. The van der Waals surface area contributed by atoms with E-state index >= 15 is 0 Å². The Morgan fingerprint density at radius 1 is 1.56 bits per heavy atom. The maximum Gasteiger partial charge on any atom is 0.206 e. The van der Waals surface area contributed by atoms with Crippen molar-refractivity contribution in [1.29, 1.82) is 0 Å². The van der Waals surface area contributed by atoms with Gasteiger partial charge in [0.05, 0.1) is 17.9 Å². The van der Waals surface area contributed by atoms with Crippen molar-refractivity contribution in [2.45, 2.75) is 26.9 Å². The van der Waals surface area contributed by atoms with E-state index in [1.807, 2.05) is 29.2 Å². The van der Waals surface area contributed by atoms with Crippen LogP contribution in [0.25, 0.3) is 0 Å². The lowest BCUT2D eigenvalue weighted by atomic mass is 10.3. The fourth-order valence-electron chi connectivity index (χ4n) is 1.89. The zero-order chi connectivity index (χ0) is 13.1. The molecule has 2 aromatic heterocycles. The topological polar surface area (TPSA) is 94.2 Å². The number of hydrogen-bond donors (Lipinski definition) is 2. The number of hydrogen-bond acceptors (Lipinski definition) is 4. The number of aryl methyl sites for hydroxylation is 2. The van der Waals surface area contributed by atoms with Crippen LogP contribution in [0.15, 0.2) is 23.6 Å². The zero-order valence-electron chi connectivity index (χ0n) is 10.4. The molecular weight excluding hydrogens is 232 g/mol. The first-order chi connectivity index (χ1) is 8.65. The molecule has 7 nitrogen and oxygen atoms in total. The molecule has 2 heterocycles. The third-order valence-corrected chi connectivity index (χ3v) is 2.67. The molecule has 0 radical (unpaired) electrons. The van der Waals surface area contributed by atoms with Crippen molar-refractivity contribution in [3.63, 3.8) is 0 Å². The van der Waals surface area contributed by atoms with Crippen LogP contribution in [0.4, 0.5) is 0 Å². The first-order valence-electron chi connectivity index (χ1n) is 5.68. The number of aromatic nitrogens is 4. The van der Waals surface area contributed by atoms with Crippen LogP contribution in [-0.4, -0.2) is 30.4 Å². The van der Waals surface area contributed by atoms with E-state index in [0.717, 1.165) is 17.9 Å². The first kappa shape index (κ1) is 12.2. The van der Waals surface area contributed by atoms with Gasteiger partial charge in [-0.1, -0.05) is 5.16 Å². The quantitative estimate of drug-likeness (QED) is 0.357. The molecule has 7 heteroatoms. The minimum absolute atomic E-state index is 0.000661. The Labute approximate surface area is 105 Å². The van der Waals surface area contributed by atoms with E-state index < -0.39 is 0 Å². The molecule has 0 aliphatic rings. The Balaban J connectivity index is 2.31. The fourth-order valence-corrected chi connectivity index (χ4v) is 1.89. The number of oxime groups is 1. The first-order valence-corrected chi connectivity index (χ1v) is 5.68. The SMILES string of the molecule is CCn1nc(C)cc1Cn1ccnc1C(N)=NO. The molecule has 0 atom stereocenters. The van der Waals surface area contributed by atoms with Crippen LogP contribution in [0.2, 0.25) is 0 Å². The largest absolute Gasteiger partial charge is 0.409 e. The molecule has 0 bridgehead atoms. The van der Waals surface area contributed by atoms with E-state index in [-0.39, 0.29) is 5.84 Å². The molecule has 0 saturated heterocycles. The van der Waals surface area contributed by atoms with Gasteiger partial charge >= 0.3 is 0 Å². The Morgan fingerprint density at radius 2 is 2.33 bits per heavy atom. The summed E-state index contributed by atoms with van der Waals surface area (Å²) < 4.78 is 3.74. The molecule has 96 valence electrons. The lowest BCUT2D eigenvalue weighted by Crippen LogP contribution is -2.20. The second-order valence-corrected chi connectivity index (χ2v) is 3.96. The molecule has 0 fully saturated rings. The van der Waals surface area contributed by atoms with Gasteiger partial charge in [0, 0.05) is 18.9 Å². The minimum Gasteiger partial charge on any atom is -0.409 e. The van der Waals surface area contributed by atoms with Crippen LogP contribution in [0.5, 0.6) is 0 Å². The summed E-state index contributed by atoms with van der Waals surface area (Å²) >= 11 is 0. The Morgan fingerprint density at radius 3 is 3.00 bits per heavy atom. The molecule has 0 aliphatic carbocycles. The van der Waals surface area contributed by atoms with Crippen LogP contribution in [0.1, 0.15) is 24.1 Å². The highest BCUT2D eigenvalue weighted by atomic mass is 16.4. The lowest BCUT2D eigenvalue weighted by molar-refractivity contribution is 0.318. The summed E-state index contributed by atoms with van der Waals surface area (Å²) in [4.78, 5) is 4.06. The van der Waals surface area contributed by atoms with E-state index in [9.17, 15) is 0 Å². The summed E-state index contributed by atoms with van der Waals surface area (Å²) in [6.45, 7) is 5.37. The summed E-state index contributed by atoms with van der Waals surface area (Å²) in [5.41, 5.74) is 7.59. The van der Waals surface area contributed by atoms with E-state index in [2.05, 4.69) is 15.2 Å². The normalized spacial score (nSPS) is 12.0. The van der Waals surface area contributed by atoms with Crippen molar-refractivity contribution in [1.82, 2.24) is 19.3 Å². The second kappa shape index (κ2) is 4.91.